The molecular formula is C35H53N5O12. The van der Waals surface area contributed by atoms with Crippen LogP contribution in [0.2, 0.25) is 0 Å². The van der Waals surface area contributed by atoms with E-state index in [9.17, 15) is 44.6 Å². The third-order valence-electron chi connectivity index (χ3n) is 8.75. The molecule has 52 heavy (non-hydrogen) atoms. The summed E-state index contributed by atoms with van der Waals surface area (Å²) in [7, 11) is 0. The molecule has 1 aromatic carbocycles. The van der Waals surface area contributed by atoms with Crippen LogP contribution >= 0.6 is 0 Å². The van der Waals surface area contributed by atoms with Crippen molar-refractivity contribution < 1.29 is 59.2 Å². The lowest BCUT2D eigenvalue weighted by atomic mass is 10.1. The van der Waals surface area contributed by atoms with E-state index >= 15 is 0 Å². The Balaban J connectivity index is 1.48. The molecule has 290 valence electrons. The average molecular weight is 736 g/mol. The Bertz CT molecular complexity index is 1350. The molecular weight excluding hydrogens is 682 g/mol. The number of amides is 3. The van der Waals surface area contributed by atoms with Gasteiger partial charge in [-0.3, -0.25) is 29.7 Å². The Morgan fingerprint density at radius 1 is 1.08 bits per heavy atom. The second-order valence-electron chi connectivity index (χ2n) is 12.9. The number of hydroxylamine groups is 4. The number of rotatable bonds is 22. The summed E-state index contributed by atoms with van der Waals surface area (Å²) in [5.41, 5.74) is 0.447. The Morgan fingerprint density at radius 2 is 1.85 bits per heavy atom. The number of hydrogen-bond acceptors (Lipinski definition) is 13. The Kier molecular flexibility index (Phi) is 18.5. The minimum absolute atomic E-state index is 0.00727. The lowest BCUT2D eigenvalue weighted by Crippen LogP contribution is -2.50. The summed E-state index contributed by atoms with van der Waals surface area (Å²) in [6.07, 6.45) is 7.24. The molecule has 1 aromatic rings. The number of nitrogens with zero attached hydrogens (tertiary/aromatic N) is 2. The number of carboxylic acids is 1. The molecule has 3 amide bonds. The molecule has 5 atom stereocenters. The number of phenolic OH excluding ortho intramolecular Hbond substituents is 1. The number of carbonyl (C=O) groups excluding carboxylic acids is 4. The van der Waals surface area contributed by atoms with E-state index in [1.165, 1.54) is 12.1 Å². The molecule has 3 rings (SSSR count). The minimum atomic E-state index is -1.25. The number of unbranched alkanes of at least 4 members (excludes halogenated alkanes) is 5. The fraction of sp³-hybridized carbons (Fsp3) is 0.629. The predicted molar refractivity (Wildman–Crippen MR) is 183 cm³/mol. The zero-order valence-electron chi connectivity index (χ0n) is 29.4. The molecule has 0 spiro atoms. The fourth-order valence-corrected chi connectivity index (χ4v) is 5.77. The van der Waals surface area contributed by atoms with Gasteiger partial charge in [-0.1, -0.05) is 37.1 Å². The van der Waals surface area contributed by atoms with Gasteiger partial charge in [-0.05, 0) is 69.9 Å². The van der Waals surface area contributed by atoms with Gasteiger partial charge < -0.3 is 40.6 Å². The van der Waals surface area contributed by atoms with Crippen molar-refractivity contribution in [2.75, 3.05) is 26.3 Å². The summed E-state index contributed by atoms with van der Waals surface area (Å²) < 4.78 is 11.0. The Morgan fingerprint density at radius 3 is 2.62 bits per heavy atom. The van der Waals surface area contributed by atoms with Crippen LogP contribution in [-0.2, 0) is 33.4 Å². The number of aliphatic hydroxyl groups is 1. The molecule has 0 radical (unpaired) electrons. The van der Waals surface area contributed by atoms with Gasteiger partial charge in [-0.15, -0.1) is 0 Å². The quantitative estimate of drug-likeness (QED) is 0.0212. The van der Waals surface area contributed by atoms with E-state index in [4.69, 9.17) is 14.6 Å². The summed E-state index contributed by atoms with van der Waals surface area (Å²) in [6.45, 7) is -0.122. The molecule has 17 heteroatoms. The van der Waals surface area contributed by atoms with Gasteiger partial charge in [0, 0.05) is 25.1 Å². The number of ether oxygens (including phenoxy) is 2. The van der Waals surface area contributed by atoms with Crippen LogP contribution in [-0.4, -0.2) is 116 Å². The summed E-state index contributed by atoms with van der Waals surface area (Å²) in [5, 5.41) is 58.7. The smallest absolute Gasteiger partial charge is 0.328 e. The monoisotopic (exact) mass is 735 g/mol. The maximum Gasteiger partial charge on any atom is 0.328 e. The minimum Gasteiger partial charge on any atom is -0.508 e. The summed E-state index contributed by atoms with van der Waals surface area (Å²) in [5.74, 6) is -3.32. The highest BCUT2D eigenvalue weighted by Gasteiger charge is 2.34. The van der Waals surface area contributed by atoms with Crippen LogP contribution in [0.15, 0.2) is 36.4 Å². The van der Waals surface area contributed by atoms with E-state index in [2.05, 4.69) is 16.0 Å². The van der Waals surface area contributed by atoms with Gasteiger partial charge in [0.2, 0.25) is 11.8 Å². The van der Waals surface area contributed by atoms with Crippen LogP contribution in [0.4, 0.5) is 0 Å². The highest BCUT2D eigenvalue weighted by Crippen LogP contribution is 2.28. The average Bonchev–Trinajstić information content (AvgIpc) is 3.55. The topological polar surface area (TPSA) is 248 Å². The number of allylic oxidation sites excluding steroid dienone is 1. The number of carboxylic acid groups (broad SMARTS) is 1. The van der Waals surface area contributed by atoms with Crippen molar-refractivity contribution in [3.63, 3.8) is 0 Å². The number of aliphatic carboxylic acids is 1. The number of para-hydroxylation sites is 1. The zero-order valence-corrected chi connectivity index (χ0v) is 29.4. The van der Waals surface area contributed by atoms with E-state index in [0.29, 0.717) is 55.6 Å². The van der Waals surface area contributed by atoms with Crippen molar-refractivity contribution in [3.05, 3.63) is 42.0 Å². The summed E-state index contributed by atoms with van der Waals surface area (Å²) in [6, 6.07) is 3.66. The molecule has 0 aromatic heterocycles. The lowest BCUT2D eigenvalue weighted by Gasteiger charge is -2.22. The third-order valence-corrected chi connectivity index (χ3v) is 8.75. The molecule has 2 saturated heterocycles. The standard InChI is InChI=1S/C35H53N5O12/c41-28-16-8-7-13-24(28)33-38-27(23-52-33)32(46)37-26(35(48)51-22-19-29(42)36-25-14-9-12-21-40(50)34(25)47)15-10-11-20-39(49)30(43)17-5-3-1-2-4-6-18-31(44)45/h5,7-8,13,16-17,25-27,30,33,38,41,43,49-50H,1-4,6,9-12,14-15,18-23H2,(H,36,42)(H,37,46)(H,44,45)/b17-5-. The van der Waals surface area contributed by atoms with Gasteiger partial charge in [0.1, 0.15) is 42.9 Å². The van der Waals surface area contributed by atoms with E-state index < -0.39 is 60.2 Å². The van der Waals surface area contributed by atoms with Gasteiger partial charge in [0.25, 0.3) is 5.91 Å². The SMILES string of the molecule is O=C(O)CCCCCC/C=C\C(O)N(O)CCCCC(NC(=O)C1COC(c2ccccc2O)N1)C(=O)OCCC(=O)NC1CCCCN(O)C1=O. The van der Waals surface area contributed by atoms with Gasteiger partial charge in [0.05, 0.1) is 13.0 Å². The fourth-order valence-electron chi connectivity index (χ4n) is 5.77. The number of carbonyl (C=O) groups is 5. The van der Waals surface area contributed by atoms with Crippen molar-refractivity contribution in [1.29, 1.82) is 0 Å². The lowest BCUT2D eigenvalue weighted by molar-refractivity contribution is -0.177. The van der Waals surface area contributed by atoms with Crippen molar-refractivity contribution in [3.8, 4) is 5.75 Å². The van der Waals surface area contributed by atoms with Crippen molar-refractivity contribution in [1.82, 2.24) is 26.1 Å². The van der Waals surface area contributed by atoms with Gasteiger partial charge in [0.15, 0.2) is 0 Å². The first-order valence-electron chi connectivity index (χ1n) is 17.9. The molecule has 5 unspecified atom stereocenters. The Labute approximate surface area is 302 Å². The number of phenols is 1. The highest BCUT2D eigenvalue weighted by atomic mass is 16.5. The number of aliphatic hydroxyl groups excluding tert-OH is 1. The second kappa shape index (κ2) is 22.7. The number of benzene rings is 1. The zero-order chi connectivity index (χ0) is 37.9. The van der Waals surface area contributed by atoms with Crippen LogP contribution in [0.25, 0.3) is 0 Å². The number of hydrogen-bond donors (Lipinski definition) is 8. The molecule has 2 aliphatic heterocycles. The molecule has 8 N–H and O–H groups in total. The molecule has 0 bridgehead atoms. The number of nitrogens with one attached hydrogen (secondary N) is 3. The van der Waals surface area contributed by atoms with Gasteiger partial charge in [-0.25, -0.2) is 9.86 Å². The number of esters is 1. The number of aromatic hydroxyl groups is 1. The van der Waals surface area contributed by atoms with E-state index in [1.807, 2.05) is 0 Å². The molecule has 0 saturated carbocycles. The first-order valence-corrected chi connectivity index (χ1v) is 17.9. The van der Waals surface area contributed by atoms with Crippen LogP contribution in [0.5, 0.6) is 5.75 Å². The summed E-state index contributed by atoms with van der Waals surface area (Å²) >= 11 is 0. The summed E-state index contributed by atoms with van der Waals surface area (Å²) in [4.78, 5) is 61.7. The van der Waals surface area contributed by atoms with E-state index in [-0.39, 0.29) is 51.3 Å². The molecule has 2 fully saturated rings. The predicted octanol–water partition coefficient (Wildman–Crippen LogP) is 1.85. The van der Waals surface area contributed by atoms with Crippen LogP contribution in [0, 0.1) is 0 Å². The van der Waals surface area contributed by atoms with Crippen LogP contribution in [0.1, 0.15) is 95.3 Å². The van der Waals surface area contributed by atoms with Crippen molar-refractivity contribution in [2.45, 2.75) is 114 Å². The second-order valence-corrected chi connectivity index (χ2v) is 12.9. The highest BCUT2D eigenvalue weighted by molar-refractivity contribution is 5.89. The van der Waals surface area contributed by atoms with Crippen molar-refractivity contribution in [2.24, 2.45) is 0 Å². The normalized spacial score (nSPS) is 20.4. The van der Waals surface area contributed by atoms with Crippen LogP contribution in [0.3, 0.4) is 0 Å². The van der Waals surface area contributed by atoms with Crippen molar-refractivity contribution >= 4 is 29.7 Å². The maximum absolute atomic E-state index is 13.2. The van der Waals surface area contributed by atoms with Crippen LogP contribution < -0.4 is 16.0 Å². The molecule has 2 aliphatic rings. The first kappa shape index (κ1) is 42.3. The Hall–Kier alpha value is -4.13. The third kappa shape index (κ3) is 14.8. The molecule has 17 nitrogen and oxygen atoms in total. The largest absolute Gasteiger partial charge is 0.508 e. The first-order chi connectivity index (χ1) is 25.0. The van der Waals surface area contributed by atoms with E-state index in [1.54, 1.807) is 24.3 Å². The van der Waals surface area contributed by atoms with E-state index in [0.717, 1.165) is 24.3 Å². The molecule has 0 aliphatic carbocycles. The van der Waals surface area contributed by atoms with Gasteiger partial charge in [-0.2, -0.15) is 5.06 Å². The van der Waals surface area contributed by atoms with Gasteiger partial charge >= 0.3 is 11.9 Å². The maximum atomic E-state index is 13.2. The molecule has 2 heterocycles.